The summed E-state index contributed by atoms with van der Waals surface area (Å²) in [4.78, 5) is 11.6. The minimum atomic E-state index is -1.17. The Morgan fingerprint density at radius 3 is 1.48 bits per heavy atom. The Balaban J connectivity index is 0.000000828. The van der Waals surface area contributed by atoms with Crippen LogP contribution in [-0.2, 0) is 39.1 Å². The summed E-state index contributed by atoms with van der Waals surface area (Å²) in [6.07, 6.45) is 2.57. The van der Waals surface area contributed by atoms with Crippen LogP contribution in [-0.4, -0.2) is 31.4 Å². The van der Waals surface area contributed by atoms with Gasteiger partial charge in [-0.2, -0.15) is 0 Å². The molecule has 0 atom stereocenters. The molecule has 0 bridgehead atoms. The third kappa shape index (κ3) is 9.82. The van der Waals surface area contributed by atoms with Crippen molar-refractivity contribution in [1.82, 2.24) is 14.9 Å². The number of aliphatic hydroxyl groups is 2. The first-order valence-corrected chi connectivity index (χ1v) is 14.5. The van der Waals surface area contributed by atoms with Gasteiger partial charge in [0.1, 0.15) is 22.2 Å². The summed E-state index contributed by atoms with van der Waals surface area (Å²) in [5.74, 6) is 0. The van der Waals surface area contributed by atoms with Crippen LogP contribution in [0, 0.1) is 0 Å². The quantitative estimate of drug-likeness (QED) is 0.142. The average Bonchev–Trinajstić information content (AvgIpc) is 2.96. The Labute approximate surface area is 251 Å². The minimum Gasteiger partial charge on any atom is -0.368 e. The Hall–Kier alpha value is -3.11. The van der Waals surface area contributed by atoms with Crippen LogP contribution >= 0.6 is 7.92 Å². The summed E-state index contributed by atoms with van der Waals surface area (Å²) in [5.41, 5.74) is 3.50. The van der Waals surface area contributed by atoms with E-state index in [1.807, 2.05) is 24.5 Å². The van der Waals surface area contributed by atoms with Crippen LogP contribution in [0.25, 0.3) is 0 Å². The molecule has 0 amide bonds. The van der Waals surface area contributed by atoms with Gasteiger partial charge >= 0.3 is 19.5 Å². The smallest absolute Gasteiger partial charge is 0.368 e. The number of pyridine rings is 2. The molecule has 2 aromatic heterocycles. The van der Waals surface area contributed by atoms with E-state index in [1.165, 1.54) is 28.4 Å². The average molecular weight is 638 g/mol. The van der Waals surface area contributed by atoms with Gasteiger partial charge in [0, 0.05) is 37.6 Å². The molecular weight excluding hydrogens is 602 g/mol. The number of benzene rings is 3. The molecule has 0 unspecified atom stereocenters. The van der Waals surface area contributed by atoms with E-state index in [0.717, 1.165) is 31.0 Å². The first kappa shape index (κ1) is 31.4. The predicted molar refractivity (Wildman–Crippen MR) is 162 cm³/mol. The zero-order valence-electron chi connectivity index (χ0n) is 22.5. The van der Waals surface area contributed by atoms with Gasteiger partial charge in [-0.1, -0.05) is 66.7 Å². The minimum absolute atomic E-state index is 0. The fourth-order valence-electron chi connectivity index (χ4n) is 4.44. The van der Waals surface area contributed by atoms with Crippen molar-refractivity contribution < 1.29 is 29.7 Å². The van der Waals surface area contributed by atoms with Crippen molar-refractivity contribution in [3.63, 3.8) is 0 Å². The molecule has 5 aromatic rings. The van der Waals surface area contributed by atoms with Crippen molar-refractivity contribution in [3.8, 4) is 0 Å². The molecule has 0 saturated heterocycles. The van der Waals surface area contributed by atoms with Crippen molar-refractivity contribution >= 4 is 23.8 Å². The van der Waals surface area contributed by atoms with Crippen LogP contribution in [0.4, 0.5) is 0 Å². The Morgan fingerprint density at radius 2 is 1.02 bits per heavy atom. The van der Waals surface area contributed by atoms with E-state index in [2.05, 4.69) is 124 Å². The monoisotopic (exact) mass is 638 g/mol. The van der Waals surface area contributed by atoms with E-state index < -0.39 is 14.2 Å². The second-order valence-corrected chi connectivity index (χ2v) is 11.6. The third-order valence-electron chi connectivity index (χ3n) is 6.03. The van der Waals surface area contributed by atoms with E-state index >= 15 is 0 Å². The van der Waals surface area contributed by atoms with Gasteiger partial charge in [-0.25, -0.2) is 0 Å². The normalized spacial score (nSPS) is 10.7. The first-order chi connectivity index (χ1) is 19.1. The van der Waals surface area contributed by atoms with Gasteiger partial charge in [-0.15, -0.1) is 0 Å². The van der Waals surface area contributed by atoms with E-state index in [-0.39, 0.29) is 19.5 Å². The summed E-state index contributed by atoms with van der Waals surface area (Å²) in [6, 6.07) is 43.1. The fourth-order valence-corrected chi connectivity index (χ4v) is 7.19. The fraction of sp³-hybridized carbons (Fsp3) is 0.152. The largest absolute Gasteiger partial charge is 1.00 e. The molecule has 2 N–H and O–H groups in total. The van der Waals surface area contributed by atoms with Crippen molar-refractivity contribution in [2.24, 2.45) is 0 Å². The van der Waals surface area contributed by atoms with Gasteiger partial charge in [0.15, 0.2) is 0 Å². The van der Waals surface area contributed by atoms with E-state index in [1.54, 1.807) is 0 Å². The van der Waals surface area contributed by atoms with Gasteiger partial charge in [-0.05, 0) is 61.5 Å². The van der Waals surface area contributed by atoms with Gasteiger partial charge in [-0.3, -0.25) is 14.9 Å². The maximum Gasteiger partial charge on any atom is 1.00 e. The van der Waals surface area contributed by atoms with E-state index in [0.29, 0.717) is 0 Å². The van der Waals surface area contributed by atoms with Gasteiger partial charge < -0.3 is 10.2 Å². The van der Waals surface area contributed by atoms with Crippen molar-refractivity contribution in [3.05, 3.63) is 151 Å². The van der Waals surface area contributed by atoms with E-state index in [4.69, 9.17) is 10.2 Å². The summed E-state index contributed by atoms with van der Waals surface area (Å²) >= 11 is 0. The standard InChI is InChI=1S/C31H28N3P.C2H6O2.Ru/c1-3-16-29(17-4-1)35(30-18-5-2-6-19-30)31-20-8-7-13-26(31)23-34(24-27-14-9-11-21-32-27)25-28-15-10-12-22-33-28;1-2(3)4;/h1-22H,23-25H2;2-4H,1H3;/q;;+1/p+1. The second-order valence-electron chi connectivity index (χ2n) is 9.18. The molecule has 0 aliphatic carbocycles. The molecule has 5 nitrogen and oxygen atoms in total. The molecular formula is C33H35N3O2PRu+2. The van der Waals surface area contributed by atoms with Crippen LogP contribution in [0.3, 0.4) is 0 Å². The van der Waals surface area contributed by atoms with Crippen LogP contribution < -0.4 is 15.9 Å². The molecule has 0 spiro atoms. The number of aromatic nitrogens is 2. The zero-order chi connectivity index (χ0) is 27.3. The van der Waals surface area contributed by atoms with Crippen LogP contribution in [0.1, 0.15) is 23.9 Å². The number of nitrogens with zero attached hydrogens (tertiary/aromatic N) is 3. The van der Waals surface area contributed by atoms with Crippen molar-refractivity contribution in [2.45, 2.75) is 32.8 Å². The Kier molecular flexibility index (Phi) is 13.3. The summed E-state index contributed by atoms with van der Waals surface area (Å²) in [5, 5.41) is 19.5. The molecule has 205 valence electrons. The maximum absolute atomic E-state index is 7.61. The van der Waals surface area contributed by atoms with Crippen LogP contribution in [0.15, 0.2) is 134 Å². The van der Waals surface area contributed by atoms with Crippen molar-refractivity contribution in [1.29, 1.82) is 0 Å². The molecule has 7 heteroatoms. The predicted octanol–water partition coefficient (Wildman–Crippen LogP) is 4.48. The SMILES string of the molecule is CC(O)O.[Ru+].c1ccc([PH+](c2ccccc2)c2ccccc2CN(Cc2ccccn2)Cc2ccccn2)cc1. The third-order valence-corrected chi connectivity index (χ3v) is 8.88. The zero-order valence-corrected chi connectivity index (χ0v) is 25.2. The number of hydrogen-bond acceptors (Lipinski definition) is 5. The maximum atomic E-state index is 7.61. The summed E-state index contributed by atoms with van der Waals surface area (Å²) in [6.45, 7) is 3.64. The van der Waals surface area contributed by atoms with Crippen LogP contribution in [0.2, 0.25) is 0 Å². The second kappa shape index (κ2) is 16.9. The topological polar surface area (TPSA) is 69.5 Å². The van der Waals surface area contributed by atoms with Crippen LogP contribution in [0.5, 0.6) is 0 Å². The van der Waals surface area contributed by atoms with Gasteiger partial charge in [0.25, 0.3) is 0 Å². The number of rotatable bonds is 9. The molecule has 0 aliphatic heterocycles. The van der Waals surface area contributed by atoms with Gasteiger partial charge in [0.2, 0.25) is 0 Å². The molecule has 2 heterocycles. The molecule has 40 heavy (non-hydrogen) atoms. The summed E-state index contributed by atoms with van der Waals surface area (Å²) < 4.78 is 0. The number of hydrogen-bond donors (Lipinski definition) is 2. The molecule has 3 aromatic carbocycles. The number of aliphatic hydroxyl groups excluding tert-OH is 1. The van der Waals surface area contributed by atoms with Gasteiger partial charge in [0.05, 0.1) is 19.3 Å². The van der Waals surface area contributed by atoms with Crippen molar-refractivity contribution in [2.75, 3.05) is 0 Å². The first-order valence-electron chi connectivity index (χ1n) is 13.0. The molecule has 1 radical (unpaired) electrons. The molecule has 5 rings (SSSR count). The Bertz CT molecular complexity index is 1290. The molecule has 0 fully saturated rings. The van der Waals surface area contributed by atoms with E-state index in [9.17, 15) is 0 Å². The summed E-state index contributed by atoms with van der Waals surface area (Å²) in [7, 11) is -1.15. The Morgan fingerprint density at radius 1 is 0.600 bits per heavy atom. The molecule has 0 aliphatic rings. The molecule has 0 saturated carbocycles.